The zero-order chi connectivity index (χ0) is 13.3. The molecule has 0 spiro atoms. The van der Waals surface area contributed by atoms with Crippen molar-refractivity contribution >= 4 is 31.9 Å². The topological polar surface area (TPSA) is 96.6 Å². The first kappa shape index (κ1) is 13.6. The van der Waals surface area contributed by atoms with Crippen LogP contribution in [0.4, 0.5) is 0 Å². The zero-order valence-corrected chi connectivity index (χ0v) is 11.7. The summed E-state index contributed by atoms with van der Waals surface area (Å²) in [6.07, 6.45) is 2.59. The third-order valence-corrected chi connectivity index (χ3v) is 5.27. The lowest BCUT2D eigenvalue weighted by molar-refractivity contribution is -0.141. The summed E-state index contributed by atoms with van der Waals surface area (Å²) in [5.41, 5.74) is 0. The summed E-state index contributed by atoms with van der Waals surface area (Å²) in [5, 5.41) is 8.67. The molecule has 18 heavy (non-hydrogen) atoms. The number of aliphatic carboxylic acids is 1. The Morgan fingerprint density at radius 2 is 2.22 bits per heavy atom. The SMILES string of the molecule is O=C(O)[C@@H]1CC[C@H](NS(=O)(=O)c2occc2Br)C1. The minimum Gasteiger partial charge on any atom is -0.481 e. The average molecular weight is 338 g/mol. The second-order valence-corrected chi connectivity index (χ2v) is 6.69. The van der Waals surface area contributed by atoms with E-state index in [9.17, 15) is 13.2 Å². The number of hydrogen-bond acceptors (Lipinski definition) is 4. The summed E-state index contributed by atoms with van der Waals surface area (Å²) >= 11 is 3.08. The van der Waals surface area contributed by atoms with Gasteiger partial charge < -0.3 is 9.52 Å². The highest BCUT2D eigenvalue weighted by molar-refractivity contribution is 9.10. The molecule has 1 saturated carbocycles. The monoisotopic (exact) mass is 337 g/mol. The van der Waals surface area contributed by atoms with Crippen molar-refractivity contribution in [3.8, 4) is 0 Å². The van der Waals surface area contributed by atoms with E-state index < -0.39 is 21.9 Å². The minimum atomic E-state index is -3.74. The summed E-state index contributed by atoms with van der Waals surface area (Å²) in [6, 6.07) is 1.14. The van der Waals surface area contributed by atoms with Gasteiger partial charge in [0.2, 0.25) is 5.09 Å². The first-order valence-electron chi connectivity index (χ1n) is 5.38. The van der Waals surface area contributed by atoms with E-state index in [2.05, 4.69) is 20.7 Å². The molecule has 1 heterocycles. The van der Waals surface area contributed by atoms with Crippen LogP contribution < -0.4 is 4.72 Å². The zero-order valence-electron chi connectivity index (χ0n) is 9.30. The number of furan rings is 1. The van der Waals surface area contributed by atoms with E-state index in [-0.39, 0.29) is 11.1 Å². The third-order valence-electron chi connectivity index (χ3n) is 2.93. The molecule has 100 valence electrons. The molecule has 0 aromatic carbocycles. The quantitative estimate of drug-likeness (QED) is 0.869. The van der Waals surface area contributed by atoms with Gasteiger partial charge >= 0.3 is 5.97 Å². The van der Waals surface area contributed by atoms with Crippen LogP contribution in [-0.4, -0.2) is 25.5 Å². The van der Waals surface area contributed by atoms with Crippen molar-refractivity contribution in [1.82, 2.24) is 4.72 Å². The van der Waals surface area contributed by atoms with Gasteiger partial charge in [0, 0.05) is 6.04 Å². The standard InChI is InChI=1S/C10H12BrNO5S/c11-8-3-4-17-10(8)18(15,16)12-7-2-1-6(5-7)9(13)14/h3-4,6-7,12H,1-2,5H2,(H,13,14)/t6-,7+/m1/s1. The Morgan fingerprint density at radius 1 is 1.50 bits per heavy atom. The lowest BCUT2D eigenvalue weighted by atomic mass is 10.1. The molecule has 2 atom stereocenters. The number of rotatable bonds is 4. The molecule has 1 aromatic rings. The molecule has 2 N–H and O–H groups in total. The highest BCUT2D eigenvalue weighted by Crippen LogP contribution is 2.28. The van der Waals surface area contributed by atoms with Crippen LogP contribution in [0.5, 0.6) is 0 Å². The molecule has 6 nitrogen and oxygen atoms in total. The van der Waals surface area contributed by atoms with Gasteiger partial charge in [0.05, 0.1) is 16.7 Å². The van der Waals surface area contributed by atoms with Crippen LogP contribution in [-0.2, 0) is 14.8 Å². The number of halogens is 1. The number of carboxylic acids is 1. The molecular formula is C10H12BrNO5S. The largest absolute Gasteiger partial charge is 0.481 e. The van der Waals surface area contributed by atoms with Crippen LogP contribution in [0.3, 0.4) is 0 Å². The lowest BCUT2D eigenvalue weighted by Crippen LogP contribution is -2.33. The molecule has 0 bridgehead atoms. The molecule has 0 radical (unpaired) electrons. The smallest absolute Gasteiger partial charge is 0.306 e. The van der Waals surface area contributed by atoms with Crippen LogP contribution in [0.25, 0.3) is 0 Å². The van der Waals surface area contributed by atoms with E-state index in [0.29, 0.717) is 23.7 Å². The Hall–Kier alpha value is -0.860. The van der Waals surface area contributed by atoms with Crippen molar-refractivity contribution in [3.05, 3.63) is 16.8 Å². The highest BCUT2D eigenvalue weighted by atomic mass is 79.9. The fourth-order valence-corrected chi connectivity index (χ4v) is 4.16. The van der Waals surface area contributed by atoms with Crippen molar-refractivity contribution < 1.29 is 22.7 Å². The van der Waals surface area contributed by atoms with E-state index in [4.69, 9.17) is 9.52 Å². The van der Waals surface area contributed by atoms with Gasteiger partial charge in [-0.25, -0.2) is 13.1 Å². The maximum Gasteiger partial charge on any atom is 0.306 e. The van der Waals surface area contributed by atoms with Crippen molar-refractivity contribution in [2.45, 2.75) is 30.4 Å². The van der Waals surface area contributed by atoms with Gasteiger partial charge in [0.25, 0.3) is 10.0 Å². The molecule has 1 aliphatic carbocycles. The number of sulfonamides is 1. The predicted octanol–water partition coefficient (Wildman–Crippen LogP) is 1.57. The Morgan fingerprint density at radius 3 is 2.72 bits per heavy atom. The average Bonchev–Trinajstić information content (AvgIpc) is 2.86. The lowest BCUT2D eigenvalue weighted by Gasteiger charge is -2.11. The Kier molecular flexibility index (Phi) is 3.79. The second-order valence-electron chi connectivity index (χ2n) is 4.22. The van der Waals surface area contributed by atoms with Crippen molar-refractivity contribution in [1.29, 1.82) is 0 Å². The molecular weight excluding hydrogens is 326 g/mol. The van der Waals surface area contributed by atoms with Gasteiger partial charge in [-0.05, 0) is 41.3 Å². The van der Waals surface area contributed by atoms with Crippen molar-refractivity contribution in [2.75, 3.05) is 0 Å². The summed E-state index contributed by atoms with van der Waals surface area (Å²) in [6.45, 7) is 0. The molecule has 1 aliphatic rings. The summed E-state index contributed by atoms with van der Waals surface area (Å²) < 4.78 is 31.6. The molecule has 0 unspecified atom stereocenters. The second kappa shape index (κ2) is 5.02. The van der Waals surface area contributed by atoms with E-state index in [1.54, 1.807) is 0 Å². The Labute approximate surface area is 113 Å². The van der Waals surface area contributed by atoms with E-state index in [1.165, 1.54) is 12.3 Å². The Balaban J connectivity index is 2.07. The maximum absolute atomic E-state index is 12.0. The van der Waals surface area contributed by atoms with E-state index >= 15 is 0 Å². The molecule has 0 amide bonds. The summed E-state index contributed by atoms with van der Waals surface area (Å²) in [7, 11) is -3.74. The minimum absolute atomic E-state index is 0.179. The first-order chi connectivity index (χ1) is 8.40. The molecule has 0 aliphatic heterocycles. The van der Waals surface area contributed by atoms with E-state index in [1.807, 2.05) is 0 Å². The first-order valence-corrected chi connectivity index (χ1v) is 7.66. The predicted molar refractivity (Wildman–Crippen MR) is 65.5 cm³/mol. The molecule has 0 saturated heterocycles. The van der Waals surface area contributed by atoms with Gasteiger partial charge in [0.15, 0.2) is 0 Å². The van der Waals surface area contributed by atoms with Crippen LogP contribution in [0, 0.1) is 5.92 Å². The van der Waals surface area contributed by atoms with Crippen LogP contribution in [0.1, 0.15) is 19.3 Å². The fourth-order valence-electron chi connectivity index (χ4n) is 2.06. The summed E-state index contributed by atoms with van der Waals surface area (Å²) in [5.74, 6) is -1.35. The molecule has 1 fully saturated rings. The fraction of sp³-hybridized carbons (Fsp3) is 0.500. The Bertz CT molecular complexity index is 552. The highest BCUT2D eigenvalue weighted by Gasteiger charge is 2.33. The number of hydrogen-bond donors (Lipinski definition) is 2. The van der Waals surface area contributed by atoms with Gasteiger partial charge in [-0.3, -0.25) is 4.79 Å². The maximum atomic E-state index is 12.0. The summed E-state index contributed by atoms with van der Waals surface area (Å²) in [4.78, 5) is 10.8. The van der Waals surface area contributed by atoms with Gasteiger partial charge in [0.1, 0.15) is 0 Å². The van der Waals surface area contributed by atoms with Crippen molar-refractivity contribution in [2.24, 2.45) is 5.92 Å². The molecule has 8 heteroatoms. The van der Waals surface area contributed by atoms with Gasteiger partial charge in [-0.1, -0.05) is 0 Å². The van der Waals surface area contributed by atoms with Gasteiger partial charge in [-0.15, -0.1) is 0 Å². The van der Waals surface area contributed by atoms with Crippen LogP contribution >= 0.6 is 15.9 Å². The third kappa shape index (κ3) is 2.76. The van der Waals surface area contributed by atoms with Crippen molar-refractivity contribution in [3.63, 3.8) is 0 Å². The normalized spacial score (nSPS) is 24.3. The number of carbonyl (C=O) groups is 1. The van der Waals surface area contributed by atoms with Crippen LogP contribution in [0.2, 0.25) is 0 Å². The van der Waals surface area contributed by atoms with Gasteiger partial charge in [-0.2, -0.15) is 0 Å². The van der Waals surface area contributed by atoms with Crippen LogP contribution in [0.15, 0.2) is 26.3 Å². The van der Waals surface area contributed by atoms with E-state index in [0.717, 1.165) is 0 Å². The molecule has 2 rings (SSSR count). The number of carboxylic acid groups (broad SMARTS) is 1. The molecule has 1 aromatic heterocycles. The number of nitrogens with one attached hydrogen (secondary N) is 1.